The summed E-state index contributed by atoms with van der Waals surface area (Å²) in [5.74, 6) is 1.88. The summed E-state index contributed by atoms with van der Waals surface area (Å²) in [6.07, 6.45) is 2.05. The molecule has 0 saturated carbocycles. The van der Waals surface area contributed by atoms with Crippen molar-refractivity contribution in [2.75, 3.05) is 11.8 Å². The molecule has 0 saturated heterocycles. The lowest BCUT2D eigenvalue weighted by molar-refractivity contribution is 0.295. The summed E-state index contributed by atoms with van der Waals surface area (Å²) in [5, 5.41) is 0. The van der Waals surface area contributed by atoms with Crippen molar-refractivity contribution in [2.45, 2.75) is 33.6 Å². The Morgan fingerprint density at radius 3 is 2.00 bits per heavy atom. The van der Waals surface area contributed by atoms with Crippen molar-refractivity contribution < 1.29 is 0 Å². The molecule has 0 aliphatic heterocycles. The maximum absolute atomic E-state index is 6.17. The van der Waals surface area contributed by atoms with Crippen LogP contribution in [0.4, 0.5) is 0 Å². The molecule has 0 heterocycles. The average Bonchev–Trinajstić information content (AvgIpc) is 2.30. The highest BCUT2D eigenvalue weighted by molar-refractivity contribution is 6.21. The predicted octanol–water partition coefficient (Wildman–Crippen LogP) is 5.05. The maximum atomic E-state index is 6.17. The molecule has 2 heteroatoms. The van der Waals surface area contributed by atoms with Gasteiger partial charge in [0.25, 0.3) is 0 Å². The van der Waals surface area contributed by atoms with E-state index in [2.05, 4.69) is 45.0 Å². The molecular formula is C15H22Cl2. The van der Waals surface area contributed by atoms with E-state index < -0.39 is 0 Å². The fraction of sp³-hybridized carbons (Fsp3) is 0.600. The number of alkyl halides is 2. The van der Waals surface area contributed by atoms with Gasteiger partial charge in [0.2, 0.25) is 0 Å². The first-order chi connectivity index (χ1) is 8.01. The fourth-order valence-corrected chi connectivity index (χ4v) is 3.01. The molecule has 0 unspecified atom stereocenters. The summed E-state index contributed by atoms with van der Waals surface area (Å²) >= 11 is 12.3. The third-order valence-electron chi connectivity index (χ3n) is 3.11. The van der Waals surface area contributed by atoms with Crippen molar-refractivity contribution in [1.29, 1.82) is 0 Å². The van der Waals surface area contributed by atoms with Crippen LogP contribution in [0.25, 0.3) is 0 Å². The minimum Gasteiger partial charge on any atom is -0.126 e. The van der Waals surface area contributed by atoms with Crippen LogP contribution in [0.2, 0.25) is 0 Å². The summed E-state index contributed by atoms with van der Waals surface area (Å²) in [5.41, 5.74) is 2.66. The topological polar surface area (TPSA) is 0 Å². The van der Waals surface area contributed by atoms with Gasteiger partial charge >= 0.3 is 0 Å². The zero-order valence-electron chi connectivity index (χ0n) is 11.0. The van der Waals surface area contributed by atoms with E-state index in [1.54, 1.807) is 0 Å². The highest BCUT2D eigenvalue weighted by Crippen LogP contribution is 2.33. The second kappa shape index (κ2) is 6.66. The van der Waals surface area contributed by atoms with Crippen LogP contribution < -0.4 is 0 Å². The highest BCUT2D eigenvalue weighted by atomic mass is 35.5. The van der Waals surface area contributed by atoms with Gasteiger partial charge in [0.1, 0.15) is 0 Å². The smallest absolute Gasteiger partial charge is 0.0294 e. The Morgan fingerprint density at radius 2 is 1.59 bits per heavy atom. The Hall–Kier alpha value is -0.200. The first-order valence-corrected chi connectivity index (χ1v) is 7.26. The molecule has 0 radical (unpaired) electrons. The van der Waals surface area contributed by atoms with Gasteiger partial charge < -0.3 is 0 Å². The van der Waals surface area contributed by atoms with Gasteiger partial charge in [-0.2, -0.15) is 0 Å². The first-order valence-electron chi connectivity index (χ1n) is 6.19. The summed E-state index contributed by atoms with van der Waals surface area (Å²) in [7, 11) is 0. The molecule has 0 spiro atoms. The van der Waals surface area contributed by atoms with E-state index in [0.29, 0.717) is 17.7 Å². The van der Waals surface area contributed by atoms with E-state index >= 15 is 0 Å². The number of aryl methyl sites for hydroxylation is 1. The lowest BCUT2D eigenvalue weighted by atomic mass is 9.78. The Balaban J connectivity index is 2.82. The Kier molecular flexibility index (Phi) is 5.82. The molecule has 0 aliphatic carbocycles. The van der Waals surface area contributed by atoms with E-state index in [4.69, 9.17) is 23.2 Å². The van der Waals surface area contributed by atoms with Gasteiger partial charge in [-0.25, -0.2) is 0 Å². The van der Waals surface area contributed by atoms with E-state index in [0.717, 1.165) is 12.8 Å². The Bertz CT molecular complexity index is 323. The molecule has 1 aromatic carbocycles. The van der Waals surface area contributed by atoms with Gasteiger partial charge in [-0.3, -0.25) is 0 Å². The number of hydrogen-bond acceptors (Lipinski definition) is 0. The standard InChI is InChI=1S/C15H22Cl2/c1-12(2)8-15(10-16,11-17)9-14-6-4-13(3)5-7-14/h4-7,12H,8-11H2,1-3H3. The van der Waals surface area contributed by atoms with Crippen molar-refractivity contribution in [2.24, 2.45) is 11.3 Å². The van der Waals surface area contributed by atoms with Crippen LogP contribution >= 0.6 is 23.2 Å². The molecule has 0 amide bonds. The van der Waals surface area contributed by atoms with Gasteiger partial charge in [0.05, 0.1) is 0 Å². The molecule has 17 heavy (non-hydrogen) atoms. The average molecular weight is 273 g/mol. The summed E-state index contributed by atoms with van der Waals surface area (Å²) < 4.78 is 0. The second-order valence-corrected chi connectivity index (χ2v) is 6.06. The molecule has 0 N–H and O–H groups in total. The van der Waals surface area contributed by atoms with E-state index in [9.17, 15) is 0 Å². The molecule has 0 atom stereocenters. The normalized spacial score (nSPS) is 12.1. The number of hydrogen-bond donors (Lipinski definition) is 0. The molecule has 0 aromatic heterocycles. The quantitative estimate of drug-likeness (QED) is 0.636. The van der Waals surface area contributed by atoms with Gasteiger partial charge in [-0.05, 0) is 31.2 Å². The van der Waals surface area contributed by atoms with Crippen molar-refractivity contribution in [3.05, 3.63) is 35.4 Å². The lowest BCUT2D eigenvalue weighted by Gasteiger charge is -2.31. The number of benzene rings is 1. The minimum atomic E-state index is 0.0343. The summed E-state index contributed by atoms with van der Waals surface area (Å²) in [4.78, 5) is 0. The van der Waals surface area contributed by atoms with Crippen LogP contribution in [0, 0.1) is 18.3 Å². The third-order valence-corrected chi connectivity index (χ3v) is 4.24. The van der Waals surface area contributed by atoms with E-state index in [-0.39, 0.29) is 5.41 Å². The molecule has 0 bridgehead atoms. The predicted molar refractivity (Wildman–Crippen MR) is 78.2 cm³/mol. The van der Waals surface area contributed by atoms with Crippen LogP contribution in [0.5, 0.6) is 0 Å². The van der Waals surface area contributed by atoms with Crippen LogP contribution in [-0.4, -0.2) is 11.8 Å². The van der Waals surface area contributed by atoms with Gasteiger partial charge in [-0.1, -0.05) is 43.7 Å². The van der Waals surface area contributed by atoms with Crippen LogP contribution in [0.1, 0.15) is 31.4 Å². The maximum Gasteiger partial charge on any atom is 0.0294 e. The largest absolute Gasteiger partial charge is 0.126 e. The first kappa shape index (κ1) is 14.9. The van der Waals surface area contributed by atoms with Crippen LogP contribution in [-0.2, 0) is 6.42 Å². The molecule has 1 rings (SSSR count). The van der Waals surface area contributed by atoms with Crippen LogP contribution in [0.3, 0.4) is 0 Å². The molecule has 1 aromatic rings. The monoisotopic (exact) mass is 272 g/mol. The van der Waals surface area contributed by atoms with Crippen molar-refractivity contribution in [3.8, 4) is 0 Å². The van der Waals surface area contributed by atoms with Crippen LogP contribution in [0.15, 0.2) is 24.3 Å². The SMILES string of the molecule is Cc1ccc(CC(CCl)(CCl)CC(C)C)cc1. The zero-order chi connectivity index (χ0) is 12.9. The summed E-state index contributed by atoms with van der Waals surface area (Å²) in [6.45, 7) is 6.56. The number of rotatable bonds is 6. The van der Waals surface area contributed by atoms with Crippen molar-refractivity contribution in [3.63, 3.8) is 0 Å². The zero-order valence-corrected chi connectivity index (χ0v) is 12.5. The van der Waals surface area contributed by atoms with E-state index in [1.807, 2.05) is 0 Å². The highest BCUT2D eigenvalue weighted by Gasteiger charge is 2.29. The molecule has 96 valence electrons. The second-order valence-electron chi connectivity index (χ2n) is 5.53. The van der Waals surface area contributed by atoms with Gasteiger partial charge in [-0.15, -0.1) is 23.2 Å². The summed E-state index contributed by atoms with van der Waals surface area (Å²) in [6, 6.07) is 8.67. The van der Waals surface area contributed by atoms with Gasteiger partial charge in [0, 0.05) is 17.2 Å². The third kappa shape index (κ3) is 4.52. The minimum absolute atomic E-state index is 0.0343. The fourth-order valence-electron chi connectivity index (χ4n) is 2.32. The van der Waals surface area contributed by atoms with Crippen molar-refractivity contribution in [1.82, 2.24) is 0 Å². The van der Waals surface area contributed by atoms with E-state index in [1.165, 1.54) is 11.1 Å². The lowest BCUT2D eigenvalue weighted by Crippen LogP contribution is -2.30. The molecule has 0 nitrogen and oxygen atoms in total. The Labute approximate surface area is 115 Å². The Morgan fingerprint density at radius 1 is 1.06 bits per heavy atom. The molecule has 0 fully saturated rings. The van der Waals surface area contributed by atoms with Gasteiger partial charge in [0.15, 0.2) is 0 Å². The molecule has 0 aliphatic rings. The number of halogens is 2. The van der Waals surface area contributed by atoms with Crippen molar-refractivity contribution >= 4 is 23.2 Å². The molecular weight excluding hydrogens is 251 g/mol.